The molecule has 3 saturated carbocycles. The zero-order valence-electron chi connectivity index (χ0n) is 14.7. The van der Waals surface area contributed by atoms with Gasteiger partial charge in [-0.3, -0.25) is 4.79 Å². The van der Waals surface area contributed by atoms with Crippen LogP contribution in [0.5, 0.6) is 0 Å². The Morgan fingerprint density at radius 3 is 2.73 bits per heavy atom. The predicted octanol–water partition coefficient (Wildman–Crippen LogP) is 5.54. The topological polar surface area (TPSA) is 17.1 Å². The maximum atomic E-state index is 11.9. The van der Waals surface area contributed by atoms with E-state index in [2.05, 4.69) is 26.8 Å². The van der Waals surface area contributed by atoms with Crippen molar-refractivity contribution in [1.82, 2.24) is 0 Å². The molecular formula is C21H32O. The summed E-state index contributed by atoms with van der Waals surface area (Å²) in [5.74, 6) is 4.15. The molecule has 4 aliphatic rings. The first-order valence-corrected chi connectivity index (χ1v) is 9.70. The second kappa shape index (κ2) is 4.95. The molecule has 1 nitrogen and oxygen atoms in total. The third kappa shape index (κ3) is 1.86. The third-order valence-corrected chi connectivity index (χ3v) is 8.63. The van der Waals surface area contributed by atoms with Crippen molar-refractivity contribution in [3.05, 3.63) is 11.6 Å². The minimum absolute atomic E-state index is 0.350. The van der Waals surface area contributed by atoms with E-state index in [4.69, 9.17) is 0 Å². The van der Waals surface area contributed by atoms with Crippen LogP contribution in [-0.4, -0.2) is 5.78 Å². The summed E-state index contributed by atoms with van der Waals surface area (Å²) in [4.78, 5) is 11.9. The van der Waals surface area contributed by atoms with Crippen LogP contribution in [0.1, 0.15) is 78.6 Å². The summed E-state index contributed by atoms with van der Waals surface area (Å²) in [7, 11) is 0. The van der Waals surface area contributed by atoms with Crippen LogP contribution in [0, 0.1) is 34.5 Å². The Labute approximate surface area is 135 Å². The van der Waals surface area contributed by atoms with E-state index in [1.165, 1.54) is 44.1 Å². The van der Waals surface area contributed by atoms with Gasteiger partial charge >= 0.3 is 0 Å². The number of fused-ring (bicyclic) bond motifs is 5. The van der Waals surface area contributed by atoms with E-state index in [-0.39, 0.29) is 0 Å². The molecule has 3 unspecified atom stereocenters. The van der Waals surface area contributed by atoms with Crippen LogP contribution in [0.25, 0.3) is 0 Å². The minimum Gasteiger partial charge on any atom is -0.299 e. The van der Waals surface area contributed by atoms with Gasteiger partial charge in [0, 0.05) is 12.8 Å². The monoisotopic (exact) mass is 300 g/mol. The fourth-order valence-electron chi connectivity index (χ4n) is 7.26. The van der Waals surface area contributed by atoms with Crippen LogP contribution in [0.4, 0.5) is 0 Å². The molecule has 3 fully saturated rings. The summed E-state index contributed by atoms with van der Waals surface area (Å²) < 4.78 is 0. The van der Waals surface area contributed by atoms with E-state index < -0.39 is 0 Å². The highest BCUT2D eigenvalue weighted by molar-refractivity contribution is 5.82. The van der Waals surface area contributed by atoms with Crippen LogP contribution in [0.15, 0.2) is 11.6 Å². The molecule has 122 valence electrons. The molecule has 0 aromatic carbocycles. The Balaban J connectivity index is 1.67. The number of allylic oxidation sites excluding steroid dienone is 2. The molecule has 6 atom stereocenters. The number of hydrogen-bond donors (Lipinski definition) is 0. The number of ketones is 1. The van der Waals surface area contributed by atoms with Gasteiger partial charge in [-0.2, -0.15) is 0 Å². The number of carbonyl (C=O) groups is 1. The summed E-state index contributed by atoms with van der Waals surface area (Å²) in [5, 5.41) is 0. The van der Waals surface area contributed by atoms with Crippen molar-refractivity contribution in [1.29, 1.82) is 0 Å². The van der Waals surface area contributed by atoms with Gasteiger partial charge in [-0.25, -0.2) is 0 Å². The second-order valence-electron chi connectivity index (χ2n) is 9.20. The first-order chi connectivity index (χ1) is 10.5. The second-order valence-corrected chi connectivity index (χ2v) is 9.20. The Kier molecular flexibility index (Phi) is 3.37. The molecule has 0 bridgehead atoms. The summed E-state index contributed by atoms with van der Waals surface area (Å²) in [6.07, 6.45) is 13.6. The van der Waals surface area contributed by atoms with Gasteiger partial charge in [0.2, 0.25) is 0 Å². The van der Waals surface area contributed by atoms with Gasteiger partial charge in [0.05, 0.1) is 0 Å². The van der Waals surface area contributed by atoms with Gasteiger partial charge in [0.15, 0.2) is 0 Å². The van der Waals surface area contributed by atoms with E-state index in [1.807, 2.05) is 0 Å². The van der Waals surface area contributed by atoms with Gasteiger partial charge in [-0.05, 0) is 73.0 Å². The molecule has 0 aliphatic heterocycles. The quantitative estimate of drug-likeness (QED) is 0.581. The molecule has 0 radical (unpaired) electrons. The zero-order chi connectivity index (χ0) is 15.5. The summed E-state index contributed by atoms with van der Waals surface area (Å²) in [6, 6.07) is 0. The maximum Gasteiger partial charge on any atom is 0.136 e. The van der Waals surface area contributed by atoms with Crippen LogP contribution in [0.3, 0.4) is 0 Å². The summed E-state index contributed by atoms with van der Waals surface area (Å²) in [5.41, 5.74) is 2.48. The predicted molar refractivity (Wildman–Crippen MR) is 90.5 cm³/mol. The molecule has 0 saturated heterocycles. The molecule has 0 amide bonds. The number of Topliss-reactive ketones (excluding diaryl/α,β-unsaturated/α-hetero) is 1. The molecular weight excluding hydrogens is 268 g/mol. The van der Waals surface area contributed by atoms with Crippen LogP contribution in [0.2, 0.25) is 0 Å². The van der Waals surface area contributed by atoms with Crippen LogP contribution >= 0.6 is 0 Å². The van der Waals surface area contributed by atoms with Crippen molar-refractivity contribution in [2.24, 2.45) is 34.5 Å². The van der Waals surface area contributed by atoms with E-state index in [0.29, 0.717) is 16.6 Å². The molecule has 4 aliphatic carbocycles. The fourth-order valence-corrected chi connectivity index (χ4v) is 7.26. The molecule has 22 heavy (non-hydrogen) atoms. The lowest BCUT2D eigenvalue weighted by atomic mass is 9.47. The number of rotatable bonds is 1. The molecule has 0 aromatic rings. The van der Waals surface area contributed by atoms with E-state index >= 15 is 0 Å². The number of carbonyl (C=O) groups excluding carboxylic acids is 1. The highest BCUT2D eigenvalue weighted by Gasteiger charge is 2.57. The average Bonchev–Trinajstić information content (AvgIpc) is 2.84. The lowest BCUT2D eigenvalue weighted by Gasteiger charge is -2.57. The SMILES string of the molecule is CC[C@H]1CCC2C3CC=C4CC(=O)CC[C@]4(C)C3CC[C@@]21C. The highest BCUT2D eigenvalue weighted by atomic mass is 16.1. The van der Waals surface area contributed by atoms with Crippen molar-refractivity contribution in [2.45, 2.75) is 78.6 Å². The van der Waals surface area contributed by atoms with Gasteiger partial charge < -0.3 is 0 Å². The van der Waals surface area contributed by atoms with Gasteiger partial charge in [-0.1, -0.05) is 38.8 Å². The van der Waals surface area contributed by atoms with Gasteiger partial charge in [-0.15, -0.1) is 0 Å². The van der Waals surface area contributed by atoms with Crippen molar-refractivity contribution in [2.75, 3.05) is 0 Å². The molecule has 0 heterocycles. The van der Waals surface area contributed by atoms with Crippen molar-refractivity contribution < 1.29 is 4.79 Å². The Morgan fingerprint density at radius 2 is 1.95 bits per heavy atom. The third-order valence-electron chi connectivity index (χ3n) is 8.63. The molecule has 0 N–H and O–H groups in total. The summed E-state index contributed by atoms with van der Waals surface area (Å²) in [6.45, 7) is 7.51. The van der Waals surface area contributed by atoms with Crippen molar-refractivity contribution >= 4 is 5.78 Å². The molecule has 0 spiro atoms. The Bertz CT molecular complexity index is 518. The van der Waals surface area contributed by atoms with Crippen LogP contribution in [-0.2, 0) is 4.79 Å². The Morgan fingerprint density at radius 1 is 1.14 bits per heavy atom. The number of hydrogen-bond acceptors (Lipinski definition) is 1. The zero-order valence-corrected chi connectivity index (χ0v) is 14.7. The van der Waals surface area contributed by atoms with Crippen LogP contribution < -0.4 is 0 Å². The molecule has 4 rings (SSSR count). The average molecular weight is 300 g/mol. The summed E-state index contributed by atoms with van der Waals surface area (Å²) >= 11 is 0. The van der Waals surface area contributed by atoms with E-state index in [9.17, 15) is 4.79 Å². The van der Waals surface area contributed by atoms with E-state index in [1.54, 1.807) is 0 Å². The first-order valence-electron chi connectivity index (χ1n) is 9.70. The van der Waals surface area contributed by atoms with Crippen molar-refractivity contribution in [3.63, 3.8) is 0 Å². The lowest BCUT2D eigenvalue weighted by molar-refractivity contribution is -0.122. The minimum atomic E-state index is 0.350. The first kappa shape index (κ1) is 15.0. The highest BCUT2D eigenvalue weighted by Crippen LogP contribution is 2.66. The normalized spacial score (nSPS) is 50.9. The standard InChI is InChI=1S/C21H32O/c1-4-14-6-8-18-17-7-5-15-13-16(22)9-11-21(15,3)19(17)10-12-20(14,18)2/h5,14,17-19H,4,6-13H2,1-3H3/t14-,17?,18?,19?,20+,21-/m0/s1. The molecule has 0 aromatic heterocycles. The Hall–Kier alpha value is -0.590. The smallest absolute Gasteiger partial charge is 0.136 e. The van der Waals surface area contributed by atoms with Gasteiger partial charge in [0.25, 0.3) is 0 Å². The maximum absolute atomic E-state index is 11.9. The fraction of sp³-hybridized carbons (Fsp3) is 0.857. The lowest BCUT2D eigenvalue weighted by Crippen LogP contribution is -2.50. The van der Waals surface area contributed by atoms with E-state index in [0.717, 1.165) is 42.9 Å². The van der Waals surface area contributed by atoms with Crippen molar-refractivity contribution in [3.8, 4) is 0 Å². The molecule has 1 heteroatoms. The largest absolute Gasteiger partial charge is 0.299 e. The van der Waals surface area contributed by atoms with Gasteiger partial charge in [0.1, 0.15) is 5.78 Å².